The highest BCUT2D eigenvalue weighted by Gasteiger charge is 2.37. The van der Waals surface area contributed by atoms with E-state index in [0.717, 1.165) is 9.88 Å². The molecule has 1 unspecified atom stereocenters. The highest BCUT2D eigenvalue weighted by atomic mass is 32.2. The standard InChI is InChI=1S/C28H39N3O3S2/c1-3-34-26(32)24-23(30(2)27(33)29-25(24)20-13-7-4-8-14-20)19-36-28(35)31(21-15-9-5-10-16-21)22-17-11-6-12-18-22/h4,7-8,13-14,21-22,25H,3,5-6,9-12,15-19H2,1-2H3,(H,29,33). The van der Waals surface area contributed by atoms with Crippen LogP contribution in [0.2, 0.25) is 0 Å². The molecule has 1 atom stereocenters. The van der Waals surface area contributed by atoms with Crippen LogP contribution in [-0.4, -0.2) is 57.6 Å². The zero-order valence-electron chi connectivity index (χ0n) is 21.5. The first-order valence-electron chi connectivity index (χ1n) is 13.5. The molecular weight excluding hydrogens is 490 g/mol. The number of ether oxygens (including phenoxy) is 1. The number of thioether (sulfide) groups is 1. The number of urea groups is 1. The van der Waals surface area contributed by atoms with Gasteiger partial charge in [0.15, 0.2) is 0 Å². The SMILES string of the molecule is CCOC(=O)C1=C(CSC(=S)N(C2CCCCC2)C2CCCCC2)N(C)C(=O)NC1c1ccccc1. The quantitative estimate of drug-likeness (QED) is 0.336. The van der Waals surface area contributed by atoms with Gasteiger partial charge < -0.3 is 15.0 Å². The van der Waals surface area contributed by atoms with Gasteiger partial charge >= 0.3 is 12.0 Å². The predicted octanol–water partition coefficient (Wildman–Crippen LogP) is 6.19. The Morgan fingerprint density at radius 2 is 1.64 bits per heavy atom. The molecule has 0 spiro atoms. The van der Waals surface area contributed by atoms with Crippen LogP contribution in [0.15, 0.2) is 41.6 Å². The summed E-state index contributed by atoms with van der Waals surface area (Å²) < 4.78 is 6.37. The number of rotatable bonds is 7. The summed E-state index contributed by atoms with van der Waals surface area (Å²) in [5, 5.41) is 2.99. The second-order valence-corrected chi connectivity index (χ2v) is 11.6. The van der Waals surface area contributed by atoms with Gasteiger partial charge in [0.1, 0.15) is 4.32 Å². The third kappa shape index (κ3) is 6.25. The van der Waals surface area contributed by atoms with Gasteiger partial charge in [-0.05, 0) is 38.2 Å². The van der Waals surface area contributed by atoms with Crippen LogP contribution in [0, 0.1) is 0 Å². The fourth-order valence-electron chi connectivity index (χ4n) is 5.80. The lowest BCUT2D eigenvalue weighted by atomic mass is 9.89. The Balaban J connectivity index is 1.61. The van der Waals surface area contributed by atoms with Gasteiger partial charge in [-0.3, -0.25) is 4.90 Å². The molecular formula is C28H39N3O3S2. The number of esters is 1. The topological polar surface area (TPSA) is 61.9 Å². The summed E-state index contributed by atoms with van der Waals surface area (Å²) in [5.74, 6) is 0.0621. The molecule has 1 aromatic carbocycles. The van der Waals surface area contributed by atoms with Crippen LogP contribution < -0.4 is 5.32 Å². The molecule has 1 aliphatic heterocycles. The Labute approximate surface area is 225 Å². The molecule has 1 N–H and O–H groups in total. The number of thiocarbonyl (C=S) groups is 1. The third-order valence-electron chi connectivity index (χ3n) is 7.68. The van der Waals surface area contributed by atoms with Crippen LogP contribution in [0.25, 0.3) is 0 Å². The first kappa shape index (κ1) is 27.0. The molecule has 1 heterocycles. The Kier molecular flexibility index (Phi) is 9.71. The Hall–Kier alpha value is -2.06. The number of nitrogens with zero attached hydrogens (tertiary/aromatic N) is 2. The summed E-state index contributed by atoms with van der Waals surface area (Å²) in [5.41, 5.74) is 2.02. The van der Waals surface area contributed by atoms with E-state index in [0.29, 0.717) is 29.1 Å². The van der Waals surface area contributed by atoms with E-state index in [9.17, 15) is 9.59 Å². The zero-order valence-corrected chi connectivity index (χ0v) is 23.2. The Bertz CT molecular complexity index is 938. The van der Waals surface area contributed by atoms with Crippen LogP contribution in [0.5, 0.6) is 0 Å². The summed E-state index contributed by atoms with van der Waals surface area (Å²) in [7, 11) is 1.72. The number of nitrogens with one attached hydrogen (secondary N) is 1. The Morgan fingerprint density at radius 3 is 2.19 bits per heavy atom. The summed E-state index contributed by atoms with van der Waals surface area (Å²) in [6, 6.07) is 9.85. The molecule has 2 saturated carbocycles. The maximum atomic E-state index is 13.2. The molecule has 8 heteroatoms. The first-order valence-corrected chi connectivity index (χ1v) is 14.8. The van der Waals surface area contributed by atoms with Crippen molar-refractivity contribution in [1.29, 1.82) is 0 Å². The maximum Gasteiger partial charge on any atom is 0.338 e. The van der Waals surface area contributed by atoms with E-state index < -0.39 is 12.0 Å². The molecule has 36 heavy (non-hydrogen) atoms. The molecule has 2 aliphatic carbocycles. The molecule has 2 fully saturated rings. The second-order valence-electron chi connectivity index (χ2n) is 9.98. The molecule has 0 bridgehead atoms. The van der Waals surface area contributed by atoms with Crippen molar-refractivity contribution in [1.82, 2.24) is 15.1 Å². The van der Waals surface area contributed by atoms with Crippen molar-refractivity contribution in [2.45, 2.75) is 89.3 Å². The molecule has 3 aliphatic rings. The van der Waals surface area contributed by atoms with Gasteiger partial charge in [0.05, 0.1) is 18.2 Å². The van der Waals surface area contributed by atoms with Crippen LogP contribution >= 0.6 is 24.0 Å². The van der Waals surface area contributed by atoms with E-state index in [1.807, 2.05) is 30.3 Å². The largest absolute Gasteiger partial charge is 0.463 e. The summed E-state index contributed by atoms with van der Waals surface area (Å²) in [6.45, 7) is 2.08. The van der Waals surface area contributed by atoms with E-state index in [2.05, 4.69) is 10.2 Å². The van der Waals surface area contributed by atoms with Gasteiger partial charge in [-0.2, -0.15) is 0 Å². The van der Waals surface area contributed by atoms with Gasteiger partial charge in [-0.25, -0.2) is 9.59 Å². The van der Waals surface area contributed by atoms with E-state index in [1.54, 1.807) is 30.6 Å². The minimum atomic E-state index is -0.550. The lowest BCUT2D eigenvalue weighted by Crippen LogP contribution is -2.48. The van der Waals surface area contributed by atoms with Crippen molar-refractivity contribution < 1.29 is 14.3 Å². The van der Waals surface area contributed by atoms with E-state index in [1.165, 1.54) is 64.2 Å². The molecule has 0 aromatic heterocycles. The first-order chi connectivity index (χ1) is 17.5. The predicted molar refractivity (Wildman–Crippen MR) is 150 cm³/mol. The highest BCUT2D eigenvalue weighted by Crippen LogP contribution is 2.36. The number of carbonyl (C=O) groups is 2. The van der Waals surface area contributed by atoms with Gasteiger partial charge in [0, 0.05) is 30.6 Å². The molecule has 196 valence electrons. The van der Waals surface area contributed by atoms with Crippen LogP contribution in [-0.2, 0) is 9.53 Å². The number of carbonyl (C=O) groups excluding carboxylic acids is 2. The van der Waals surface area contributed by atoms with Gasteiger partial charge in [-0.1, -0.05) is 92.8 Å². The lowest BCUT2D eigenvalue weighted by Gasteiger charge is -2.43. The highest BCUT2D eigenvalue weighted by molar-refractivity contribution is 8.23. The van der Waals surface area contributed by atoms with Crippen molar-refractivity contribution >= 4 is 40.3 Å². The molecule has 1 aromatic rings. The van der Waals surface area contributed by atoms with Crippen LogP contribution in [0.4, 0.5) is 4.79 Å². The molecule has 6 nitrogen and oxygen atoms in total. The monoisotopic (exact) mass is 529 g/mol. The van der Waals surface area contributed by atoms with Gasteiger partial charge in [0.2, 0.25) is 0 Å². The fourth-order valence-corrected chi connectivity index (χ4v) is 7.33. The maximum absolute atomic E-state index is 13.2. The molecule has 4 rings (SSSR count). The smallest absolute Gasteiger partial charge is 0.338 e. The average molecular weight is 530 g/mol. The summed E-state index contributed by atoms with van der Waals surface area (Å²) in [4.78, 5) is 30.3. The van der Waals surface area contributed by atoms with Crippen molar-refractivity contribution in [3.8, 4) is 0 Å². The zero-order chi connectivity index (χ0) is 25.5. The van der Waals surface area contributed by atoms with Crippen LogP contribution in [0.3, 0.4) is 0 Å². The fraction of sp³-hybridized carbons (Fsp3) is 0.607. The Morgan fingerprint density at radius 1 is 1.06 bits per heavy atom. The van der Waals surface area contributed by atoms with E-state index in [4.69, 9.17) is 17.0 Å². The van der Waals surface area contributed by atoms with Crippen molar-refractivity contribution in [3.05, 3.63) is 47.2 Å². The summed E-state index contributed by atoms with van der Waals surface area (Å²) >= 11 is 7.67. The second kappa shape index (κ2) is 13.0. The molecule has 2 amide bonds. The minimum absolute atomic E-state index is 0.227. The van der Waals surface area contributed by atoms with Crippen LogP contribution in [0.1, 0.15) is 82.7 Å². The number of hydrogen-bond acceptors (Lipinski definition) is 5. The van der Waals surface area contributed by atoms with Crippen molar-refractivity contribution in [2.24, 2.45) is 0 Å². The van der Waals surface area contributed by atoms with Gasteiger partial charge in [-0.15, -0.1) is 0 Å². The lowest BCUT2D eigenvalue weighted by molar-refractivity contribution is -0.139. The van der Waals surface area contributed by atoms with E-state index in [-0.39, 0.29) is 12.6 Å². The number of hydrogen-bond donors (Lipinski definition) is 1. The van der Waals surface area contributed by atoms with Gasteiger partial charge in [0.25, 0.3) is 0 Å². The van der Waals surface area contributed by atoms with Crippen molar-refractivity contribution in [2.75, 3.05) is 19.4 Å². The number of benzene rings is 1. The van der Waals surface area contributed by atoms with Crippen molar-refractivity contribution in [3.63, 3.8) is 0 Å². The molecule has 0 saturated heterocycles. The normalized spacial score (nSPS) is 21.8. The molecule has 0 radical (unpaired) electrons. The average Bonchev–Trinajstić information content (AvgIpc) is 2.91. The minimum Gasteiger partial charge on any atom is -0.463 e. The number of amides is 2. The van der Waals surface area contributed by atoms with E-state index >= 15 is 0 Å². The summed E-state index contributed by atoms with van der Waals surface area (Å²) in [6.07, 6.45) is 12.5. The third-order valence-corrected chi connectivity index (χ3v) is 9.12.